The maximum absolute atomic E-state index is 14.1. The van der Waals surface area contributed by atoms with Gasteiger partial charge in [-0.3, -0.25) is 19.2 Å². The first-order valence-electron chi connectivity index (χ1n) is 14.0. The average molecular weight is 533 g/mol. The van der Waals surface area contributed by atoms with Gasteiger partial charge in [0.15, 0.2) is 5.78 Å². The molecule has 2 fully saturated rings. The maximum atomic E-state index is 14.1. The van der Waals surface area contributed by atoms with E-state index in [1.807, 2.05) is 27.7 Å². The van der Waals surface area contributed by atoms with Crippen molar-refractivity contribution >= 4 is 23.3 Å². The fourth-order valence-corrected chi connectivity index (χ4v) is 9.13. The van der Waals surface area contributed by atoms with Gasteiger partial charge in [0.1, 0.15) is 17.7 Å². The van der Waals surface area contributed by atoms with Crippen LogP contribution in [0.1, 0.15) is 87.0 Å². The van der Waals surface area contributed by atoms with Crippen molar-refractivity contribution in [2.45, 2.75) is 105 Å². The molecule has 4 aliphatic carbocycles. The van der Waals surface area contributed by atoms with Crippen molar-refractivity contribution in [3.63, 3.8) is 0 Å². The second-order valence-corrected chi connectivity index (χ2v) is 14.0. The van der Waals surface area contributed by atoms with Crippen LogP contribution in [0.15, 0.2) is 11.1 Å². The van der Waals surface area contributed by atoms with Gasteiger partial charge in [-0.05, 0) is 60.3 Å². The highest BCUT2D eigenvalue weighted by Gasteiger charge is 2.73. The van der Waals surface area contributed by atoms with Crippen molar-refractivity contribution in [3.05, 3.63) is 11.1 Å². The fraction of sp³-hybridized carbons (Fsp3) is 0.800. The van der Waals surface area contributed by atoms with Gasteiger partial charge >= 0.3 is 5.97 Å². The molecule has 8 heteroatoms. The maximum Gasteiger partial charge on any atom is 0.306 e. The standard InChI is InChI=1S/C30H44O8/c1-14(10-16(31)11-15(2)26(37)38)17-12-21(34)30(7)22-18(32)13-19-27(3,4)20(33)8-9-28(19,5)23(22)24(35)25(36)29(17,30)6/h14-15,17-20,25,32-33,36H,8-13H2,1-7H3,(H,37,38)/t14?,15?,17-,18+,19+,20+,25?,28+,29+,30+/m1/s1. The number of Topliss-reactive ketones (excluding diaryl/α,β-unsaturated/α-hetero) is 3. The van der Waals surface area contributed by atoms with Crippen LogP contribution in [-0.4, -0.2) is 62.1 Å². The lowest BCUT2D eigenvalue weighted by molar-refractivity contribution is -0.159. The summed E-state index contributed by atoms with van der Waals surface area (Å²) < 4.78 is 0. The molecule has 4 aliphatic rings. The molecule has 10 atom stereocenters. The molecule has 0 amide bonds. The number of aliphatic hydroxyl groups excluding tert-OH is 3. The molecule has 0 aromatic heterocycles. The highest BCUT2D eigenvalue weighted by molar-refractivity contribution is 6.07. The molecule has 4 rings (SSSR count). The number of fused-ring (bicyclic) bond motifs is 4. The third-order valence-corrected chi connectivity index (χ3v) is 11.7. The van der Waals surface area contributed by atoms with Gasteiger partial charge in [-0.15, -0.1) is 0 Å². The minimum atomic E-state index is -1.49. The summed E-state index contributed by atoms with van der Waals surface area (Å²) in [6.07, 6.45) is -1.84. The molecule has 0 saturated heterocycles. The topological polar surface area (TPSA) is 149 Å². The molecule has 0 spiro atoms. The van der Waals surface area contributed by atoms with Crippen LogP contribution < -0.4 is 0 Å². The van der Waals surface area contributed by atoms with E-state index in [2.05, 4.69) is 0 Å². The second-order valence-electron chi connectivity index (χ2n) is 14.0. The van der Waals surface area contributed by atoms with Crippen LogP contribution >= 0.6 is 0 Å². The highest BCUT2D eigenvalue weighted by atomic mass is 16.4. The van der Waals surface area contributed by atoms with E-state index in [4.69, 9.17) is 0 Å². The number of carboxylic acid groups (broad SMARTS) is 1. The first kappa shape index (κ1) is 29.1. The Morgan fingerprint density at radius 3 is 2.18 bits per heavy atom. The van der Waals surface area contributed by atoms with Crippen LogP contribution in [0.5, 0.6) is 0 Å². The van der Waals surface area contributed by atoms with Crippen LogP contribution in [0.25, 0.3) is 0 Å². The number of carbonyl (C=O) groups is 4. The minimum absolute atomic E-state index is 0.0441. The molecule has 38 heavy (non-hydrogen) atoms. The van der Waals surface area contributed by atoms with Crippen molar-refractivity contribution in [1.82, 2.24) is 0 Å². The van der Waals surface area contributed by atoms with Crippen molar-refractivity contribution in [3.8, 4) is 0 Å². The van der Waals surface area contributed by atoms with Gasteiger partial charge in [-0.1, -0.05) is 41.5 Å². The summed E-state index contributed by atoms with van der Waals surface area (Å²) in [6, 6.07) is 0. The zero-order valence-corrected chi connectivity index (χ0v) is 23.7. The van der Waals surface area contributed by atoms with E-state index in [0.717, 1.165) is 0 Å². The lowest BCUT2D eigenvalue weighted by atomic mass is 9.42. The number of rotatable bonds is 6. The summed E-state index contributed by atoms with van der Waals surface area (Å²) in [5.74, 6) is -3.81. The molecule has 4 N–H and O–H groups in total. The molecular weight excluding hydrogens is 488 g/mol. The summed E-state index contributed by atoms with van der Waals surface area (Å²) >= 11 is 0. The Morgan fingerprint density at radius 2 is 1.61 bits per heavy atom. The molecule has 0 bridgehead atoms. The van der Waals surface area contributed by atoms with E-state index in [1.54, 1.807) is 13.8 Å². The van der Waals surface area contributed by atoms with Crippen LogP contribution in [-0.2, 0) is 19.2 Å². The van der Waals surface area contributed by atoms with E-state index in [9.17, 15) is 39.6 Å². The molecule has 8 nitrogen and oxygen atoms in total. The van der Waals surface area contributed by atoms with E-state index >= 15 is 0 Å². The monoisotopic (exact) mass is 532 g/mol. The quantitative estimate of drug-likeness (QED) is 0.408. The van der Waals surface area contributed by atoms with Gasteiger partial charge < -0.3 is 20.4 Å². The average Bonchev–Trinajstić information content (AvgIpc) is 3.03. The SMILES string of the molecule is CC(CC(=O)CC(C)[C@H]1CC(=O)[C@@]2(C)C3=C(C(=O)C(O)[C@]12C)[C@@]1(C)CC[C@H](O)C(C)(C)[C@@H]1C[C@@H]3O)C(=O)O. The van der Waals surface area contributed by atoms with Crippen LogP contribution in [0.2, 0.25) is 0 Å². The number of carboxylic acids is 1. The fourth-order valence-electron chi connectivity index (χ4n) is 9.13. The Labute approximate surface area is 224 Å². The smallest absolute Gasteiger partial charge is 0.306 e. The van der Waals surface area contributed by atoms with Crippen molar-refractivity contribution in [2.24, 2.45) is 45.3 Å². The first-order valence-corrected chi connectivity index (χ1v) is 14.0. The molecule has 0 aromatic rings. The second kappa shape index (κ2) is 9.07. The van der Waals surface area contributed by atoms with Crippen molar-refractivity contribution in [2.75, 3.05) is 0 Å². The summed E-state index contributed by atoms with van der Waals surface area (Å²) in [6.45, 7) is 12.7. The van der Waals surface area contributed by atoms with Gasteiger partial charge in [0.2, 0.25) is 0 Å². The van der Waals surface area contributed by atoms with E-state index in [1.165, 1.54) is 6.92 Å². The van der Waals surface area contributed by atoms with Gasteiger partial charge in [0.05, 0.1) is 23.5 Å². The molecule has 2 saturated carbocycles. The molecule has 0 heterocycles. The van der Waals surface area contributed by atoms with Crippen molar-refractivity contribution < 1.29 is 39.6 Å². The number of aliphatic carboxylic acids is 1. The highest BCUT2D eigenvalue weighted by Crippen LogP contribution is 2.70. The Balaban J connectivity index is 1.79. The summed E-state index contributed by atoms with van der Waals surface area (Å²) in [5, 5.41) is 43.3. The van der Waals surface area contributed by atoms with Crippen LogP contribution in [0.3, 0.4) is 0 Å². The molecule has 0 aromatic carbocycles. The predicted molar refractivity (Wildman–Crippen MR) is 139 cm³/mol. The first-order chi connectivity index (χ1) is 17.4. The number of hydrogen-bond donors (Lipinski definition) is 4. The largest absolute Gasteiger partial charge is 0.481 e. The molecule has 212 valence electrons. The Bertz CT molecular complexity index is 1110. The Morgan fingerprint density at radius 1 is 1.00 bits per heavy atom. The third-order valence-electron chi connectivity index (χ3n) is 11.7. The normalized spacial score (nSPS) is 43.7. The molecule has 3 unspecified atom stereocenters. The molecule has 0 aliphatic heterocycles. The van der Waals surface area contributed by atoms with Crippen LogP contribution in [0, 0.1) is 45.3 Å². The predicted octanol–water partition coefficient (Wildman–Crippen LogP) is 3.10. The zero-order valence-electron chi connectivity index (χ0n) is 23.7. The number of aliphatic hydroxyl groups is 3. The Hall–Kier alpha value is -1.90. The van der Waals surface area contributed by atoms with E-state index in [0.29, 0.717) is 30.4 Å². The lowest BCUT2D eigenvalue weighted by Crippen LogP contribution is -2.64. The number of carbonyl (C=O) groups excluding carboxylic acids is 3. The van der Waals surface area contributed by atoms with Crippen LogP contribution in [0.4, 0.5) is 0 Å². The van der Waals surface area contributed by atoms with E-state index < -0.39 is 63.6 Å². The lowest BCUT2D eigenvalue weighted by Gasteiger charge is -2.62. The number of hydrogen-bond acceptors (Lipinski definition) is 7. The van der Waals surface area contributed by atoms with Gasteiger partial charge in [-0.2, -0.15) is 0 Å². The Kier molecular flexibility index (Phi) is 6.94. The van der Waals surface area contributed by atoms with Crippen molar-refractivity contribution in [1.29, 1.82) is 0 Å². The third kappa shape index (κ3) is 3.66. The summed E-state index contributed by atoms with van der Waals surface area (Å²) in [4.78, 5) is 52.0. The number of ketones is 3. The van der Waals surface area contributed by atoms with Gasteiger partial charge in [-0.25, -0.2) is 0 Å². The molecular formula is C30H44O8. The molecule has 0 radical (unpaired) electrons. The summed E-state index contributed by atoms with van der Waals surface area (Å²) in [7, 11) is 0. The van der Waals surface area contributed by atoms with Gasteiger partial charge in [0.25, 0.3) is 0 Å². The van der Waals surface area contributed by atoms with E-state index in [-0.39, 0.29) is 42.7 Å². The zero-order chi connectivity index (χ0) is 28.7. The summed E-state index contributed by atoms with van der Waals surface area (Å²) in [5.41, 5.74) is -3.00. The minimum Gasteiger partial charge on any atom is -0.481 e. The van der Waals surface area contributed by atoms with Gasteiger partial charge in [0, 0.05) is 30.3 Å².